The van der Waals surface area contributed by atoms with Crippen molar-refractivity contribution in [1.29, 1.82) is 0 Å². The zero-order valence-electron chi connectivity index (χ0n) is 15.7. The van der Waals surface area contributed by atoms with E-state index in [-0.39, 0.29) is 42.3 Å². The number of ether oxygens (including phenoxy) is 1. The van der Waals surface area contributed by atoms with Gasteiger partial charge in [-0.1, -0.05) is 30.3 Å². The van der Waals surface area contributed by atoms with Crippen molar-refractivity contribution in [3.05, 3.63) is 35.9 Å². The topological polar surface area (TPSA) is 87.0 Å². The van der Waals surface area contributed by atoms with Gasteiger partial charge >= 0.3 is 5.97 Å². The maximum Gasteiger partial charge on any atom is 0.316 e. The summed E-state index contributed by atoms with van der Waals surface area (Å²) < 4.78 is 6.53. The number of aliphatic hydroxyl groups excluding tert-OH is 3. The molecule has 3 rings (SSSR count). The lowest BCUT2D eigenvalue weighted by Gasteiger charge is -2.47. The number of benzene rings is 1. The van der Waals surface area contributed by atoms with E-state index in [1.54, 1.807) is 0 Å². The van der Waals surface area contributed by atoms with Crippen molar-refractivity contribution in [3.63, 3.8) is 0 Å². The monoisotopic (exact) mass is 443 g/mol. The molecule has 0 spiro atoms. The van der Waals surface area contributed by atoms with Crippen LogP contribution in [0.25, 0.3) is 0 Å². The van der Waals surface area contributed by atoms with E-state index in [1.807, 2.05) is 30.3 Å². The van der Waals surface area contributed by atoms with Gasteiger partial charge in [-0.15, -0.1) is 0 Å². The molecular weight excluding hydrogens is 414 g/mol. The summed E-state index contributed by atoms with van der Waals surface area (Å²) in [6.07, 6.45) is 2.78. The van der Waals surface area contributed by atoms with Gasteiger partial charge in [-0.05, 0) is 5.56 Å². The average molecular weight is 444 g/mol. The van der Waals surface area contributed by atoms with Crippen LogP contribution in [0.1, 0.15) is 37.2 Å². The second-order valence-electron chi connectivity index (χ2n) is 7.93. The number of esters is 1. The lowest BCUT2D eigenvalue weighted by Crippen LogP contribution is -3.00. The molecule has 0 aliphatic carbocycles. The van der Waals surface area contributed by atoms with E-state index >= 15 is 0 Å². The van der Waals surface area contributed by atoms with Gasteiger partial charge in [0.1, 0.15) is 24.7 Å². The van der Waals surface area contributed by atoms with E-state index in [0.717, 1.165) is 35.7 Å². The number of likely N-dealkylation sites (N-methyl/N-ethyl adjacent to an activating group) is 1. The van der Waals surface area contributed by atoms with Crippen molar-refractivity contribution < 1.29 is 46.3 Å². The fourth-order valence-corrected chi connectivity index (χ4v) is 4.85. The van der Waals surface area contributed by atoms with Crippen molar-refractivity contribution in [1.82, 2.24) is 0 Å². The molecular formula is C20H30BrNO5. The van der Waals surface area contributed by atoms with Crippen LogP contribution in [0.15, 0.2) is 30.3 Å². The Balaban J connectivity index is 0.00000261. The number of halogens is 1. The molecule has 7 heteroatoms. The van der Waals surface area contributed by atoms with E-state index in [1.165, 1.54) is 0 Å². The Bertz CT molecular complexity index is 600. The number of fused-ring (bicyclic) bond motifs is 2. The predicted molar refractivity (Wildman–Crippen MR) is 96.3 cm³/mol. The molecule has 2 saturated heterocycles. The molecule has 0 radical (unpaired) electrons. The molecule has 0 aromatic heterocycles. The molecule has 3 N–H and O–H groups in total. The second kappa shape index (κ2) is 9.47. The van der Waals surface area contributed by atoms with Crippen LogP contribution >= 0.6 is 0 Å². The van der Waals surface area contributed by atoms with Crippen LogP contribution in [-0.2, 0) is 9.53 Å². The van der Waals surface area contributed by atoms with Gasteiger partial charge in [0.2, 0.25) is 0 Å². The third-order valence-electron chi connectivity index (χ3n) is 6.34. The standard InChI is InChI=1S/C20H30NO5.BrH/c1-21(11-17(24)12-22)15-7-8-16(21)10-18(9-15)26-20(25)19(13-23)14-5-3-2-4-6-14;/h2-6,15-19,22-24H,7-13H2,1H3;1H/q+1;/p-1. The molecule has 4 atom stereocenters. The quantitative estimate of drug-likeness (QED) is 0.329. The molecule has 152 valence electrons. The molecule has 1 aromatic rings. The largest absolute Gasteiger partial charge is 1.00 e. The number of hydrogen-bond donors (Lipinski definition) is 3. The molecule has 2 aliphatic heterocycles. The summed E-state index contributed by atoms with van der Waals surface area (Å²) in [4.78, 5) is 12.6. The normalized spacial score (nSPS) is 31.6. The van der Waals surface area contributed by atoms with Crippen molar-refractivity contribution >= 4 is 5.97 Å². The van der Waals surface area contributed by atoms with E-state index in [4.69, 9.17) is 4.74 Å². The van der Waals surface area contributed by atoms with Gasteiger partial charge in [0, 0.05) is 25.7 Å². The SMILES string of the molecule is C[N+]1(CC(O)CO)C2CCC1CC(OC(=O)C(CO)c1ccccc1)C2.[Br-]. The number of quaternary nitrogens is 1. The summed E-state index contributed by atoms with van der Waals surface area (Å²) in [6.45, 7) is 0.0512. The fraction of sp³-hybridized carbons (Fsp3) is 0.650. The molecule has 27 heavy (non-hydrogen) atoms. The molecule has 0 saturated carbocycles. The Morgan fingerprint density at radius 2 is 1.74 bits per heavy atom. The maximum atomic E-state index is 12.6. The number of carbonyl (C=O) groups is 1. The molecule has 4 unspecified atom stereocenters. The lowest BCUT2D eigenvalue weighted by molar-refractivity contribution is -0.951. The molecule has 2 fully saturated rings. The average Bonchev–Trinajstić information content (AvgIpc) is 2.81. The number of rotatable bonds is 7. The summed E-state index contributed by atoms with van der Waals surface area (Å²) in [6, 6.07) is 9.90. The third kappa shape index (κ3) is 4.71. The highest BCUT2D eigenvalue weighted by Gasteiger charge is 2.53. The van der Waals surface area contributed by atoms with Gasteiger partial charge in [0.15, 0.2) is 0 Å². The van der Waals surface area contributed by atoms with Gasteiger partial charge in [-0.25, -0.2) is 0 Å². The molecule has 2 aliphatic rings. The number of nitrogens with zero attached hydrogens (tertiary/aromatic N) is 1. The Labute approximate surface area is 171 Å². The van der Waals surface area contributed by atoms with Crippen LogP contribution in [0, 0.1) is 0 Å². The summed E-state index contributed by atoms with van der Waals surface area (Å²) in [7, 11) is 2.14. The minimum Gasteiger partial charge on any atom is -1.00 e. The summed E-state index contributed by atoms with van der Waals surface area (Å²) in [5, 5.41) is 28.7. The maximum absolute atomic E-state index is 12.6. The zero-order valence-corrected chi connectivity index (χ0v) is 17.3. The Morgan fingerprint density at radius 3 is 2.26 bits per heavy atom. The lowest BCUT2D eigenvalue weighted by atomic mass is 9.95. The van der Waals surface area contributed by atoms with Gasteiger partial charge in [-0.3, -0.25) is 4.79 Å². The minimum atomic E-state index is -0.709. The van der Waals surface area contributed by atoms with Gasteiger partial charge in [-0.2, -0.15) is 0 Å². The Hall–Kier alpha value is -0.990. The Kier molecular flexibility index (Phi) is 7.83. The van der Waals surface area contributed by atoms with E-state index in [9.17, 15) is 20.1 Å². The third-order valence-corrected chi connectivity index (χ3v) is 6.34. The Morgan fingerprint density at radius 1 is 1.15 bits per heavy atom. The predicted octanol–water partition coefficient (Wildman–Crippen LogP) is -2.20. The smallest absolute Gasteiger partial charge is 0.316 e. The highest BCUT2D eigenvalue weighted by molar-refractivity contribution is 5.78. The van der Waals surface area contributed by atoms with Crippen LogP contribution in [0.3, 0.4) is 0 Å². The van der Waals surface area contributed by atoms with Crippen LogP contribution in [-0.4, -0.2) is 76.9 Å². The highest BCUT2D eigenvalue weighted by Crippen LogP contribution is 2.42. The van der Waals surface area contributed by atoms with E-state index < -0.39 is 12.0 Å². The number of carbonyl (C=O) groups excluding carboxylic acids is 1. The van der Waals surface area contributed by atoms with Crippen molar-refractivity contribution in [2.24, 2.45) is 0 Å². The summed E-state index contributed by atoms with van der Waals surface area (Å²) >= 11 is 0. The van der Waals surface area contributed by atoms with Crippen molar-refractivity contribution in [2.75, 3.05) is 26.8 Å². The van der Waals surface area contributed by atoms with Crippen LogP contribution in [0.4, 0.5) is 0 Å². The van der Waals surface area contributed by atoms with Gasteiger partial charge in [0.25, 0.3) is 0 Å². The minimum absolute atomic E-state index is 0. The molecule has 2 bridgehead atoms. The first-order chi connectivity index (χ1) is 12.5. The van der Waals surface area contributed by atoms with E-state index in [0.29, 0.717) is 18.6 Å². The molecule has 1 aromatic carbocycles. The first kappa shape index (κ1) is 22.3. The zero-order chi connectivity index (χ0) is 18.7. The number of aliphatic hydroxyl groups is 3. The summed E-state index contributed by atoms with van der Waals surface area (Å²) in [5.41, 5.74) is 0.769. The first-order valence-electron chi connectivity index (χ1n) is 9.48. The van der Waals surface area contributed by atoms with Gasteiger partial charge < -0.3 is 41.5 Å². The number of piperidine rings is 1. The summed E-state index contributed by atoms with van der Waals surface area (Å²) in [5.74, 6) is -1.01. The van der Waals surface area contributed by atoms with Crippen molar-refractivity contribution in [3.8, 4) is 0 Å². The molecule has 0 amide bonds. The first-order valence-corrected chi connectivity index (χ1v) is 9.48. The molecule has 2 heterocycles. The van der Waals surface area contributed by atoms with Crippen molar-refractivity contribution in [2.45, 2.75) is 55.9 Å². The molecule has 6 nitrogen and oxygen atoms in total. The van der Waals surface area contributed by atoms with Crippen LogP contribution < -0.4 is 17.0 Å². The van der Waals surface area contributed by atoms with Crippen LogP contribution in [0.2, 0.25) is 0 Å². The number of hydrogen-bond acceptors (Lipinski definition) is 5. The van der Waals surface area contributed by atoms with Gasteiger partial charge in [0.05, 0.1) is 32.3 Å². The van der Waals surface area contributed by atoms with Crippen LogP contribution in [0.5, 0.6) is 0 Å². The van der Waals surface area contributed by atoms with E-state index in [2.05, 4.69) is 7.05 Å². The second-order valence-corrected chi connectivity index (χ2v) is 7.93. The highest BCUT2D eigenvalue weighted by atomic mass is 79.9. The fourth-order valence-electron chi connectivity index (χ4n) is 4.85.